The van der Waals surface area contributed by atoms with E-state index in [9.17, 15) is 0 Å². The largest absolute Gasteiger partial charge is 0.305 e. The zero-order valence-corrected chi connectivity index (χ0v) is 11.2. The first-order valence-corrected chi connectivity index (χ1v) is 6.20. The summed E-state index contributed by atoms with van der Waals surface area (Å²) in [4.78, 5) is 4.30. The van der Waals surface area contributed by atoms with Crippen LogP contribution in [0.2, 0.25) is 0 Å². The van der Waals surface area contributed by atoms with Crippen molar-refractivity contribution in [2.75, 3.05) is 0 Å². The Morgan fingerprint density at radius 3 is 2.56 bits per heavy atom. The van der Waals surface area contributed by atoms with Crippen molar-refractivity contribution < 1.29 is 0 Å². The first-order valence-electron chi connectivity index (χ1n) is 6.20. The molecule has 0 fully saturated rings. The molecule has 0 amide bonds. The van der Waals surface area contributed by atoms with Gasteiger partial charge in [-0.15, -0.1) is 0 Å². The van der Waals surface area contributed by atoms with Crippen LogP contribution in [-0.4, -0.2) is 20.3 Å². The van der Waals surface area contributed by atoms with Gasteiger partial charge in [0.15, 0.2) is 5.82 Å². The van der Waals surface area contributed by atoms with Crippen molar-refractivity contribution in [1.82, 2.24) is 20.1 Å². The van der Waals surface area contributed by atoms with Crippen molar-refractivity contribution in [3.63, 3.8) is 0 Å². The van der Waals surface area contributed by atoms with Gasteiger partial charge in [0.05, 0.1) is 13.1 Å². The van der Waals surface area contributed by atoms with Gasteiger partial charge in [0, 0.05) is 5.54 Å². The normalized spacial score (nSPS) is 11.7. The van der Waals surface area contributed by atoms with Gasteiger partial charge >= 0.3 is 0 Å². The molecule has 1 aromatic heterocycles. The average molecular weight is 244 g/mol. The Hall–Kier alpha value is -1.68. The predicted octanol–water partition coefficient (Wildman–Crippen LogP) is 2.21. The topological polar surface area (TPSA) is 42.7 Å². The van der Waals surface area contributed by atoms with E-state index < -0.39 is 0 Å². The van der Waals surface area contributed by atoms with Crippen LogP contribution in [0.15, 0.2) is 36.7 Å². The highest BCUT2D eigenvalue weighted by atomic mass is 15.3. The fourth-order valence-corrected chi connectivity index (χ4v) is 1.61. The van der Waals surface area contributed by atoms with Crippen molar-refractivity contribution in [1.29, 1.82) is 0 Å². The Balaban J connectivity index is 1.94. The summed E-state index contributed by atoms with van der Waals surface area (Å²) >= 11 is 0. The Kier molecular flexibility index (Phi) is 3.77. The van der Waals surface area contributed by atoms with Crippen LogP contribution >= 0.6 is 0 Å². The summed E-state index contributed by atoms with van der Waals surface area (Å²) in [6.07, 6.45) is 1.78. The molecule has 96 valence electrons. The number of nitrogens with one attached hydrogen (secondary N) is 1. The summed E-state index contributed by atoms with van der Waals surface area (Å²) in [6.45, 7) is 7.87. The molecule has 1 N–H and O–H groups in total. The first-order chi connectivity index (χ1) is 8.53. The maximum atomic E-state index is 4.45. The first kappa shape index (κ1) is 12.8. The molecule has 18 heavy (non-hydrogen) atoms. The summed E-state index contributed by atoms with van der Waals surface area (Å²) in [5.41, 5.74) is 1.32. The second kappa shape index (κ2) is 5.31. The summed E-state index contributed by atoms with van der Waals surface area (Å²) in [5.74, 6) is 0.834. The molecular weight excluding hydrogens is 224 g/mol. The fraction of sp³-hybridized carbons (Fsp3) is 0.429. The van der Waals surface area contributed by atoms with Crippen LogP contribution in [0.1, 0.15) is 32.2 Å². The molecule has 4 heteroatoms. The summed E-state index contributed by atoms with van der Waals surface area (Å²) in [6, 6.07) is 10.3. The van der Waals surface area contributed by atoms with Crippen LogP contribution in [0.4, 0.5) is 0 Å². The van der Waals surface area contributed by atoms with Crippen molar-refractivity contribution >= 4 is 0 Å². The standard InChI is InChI=1S/C14H20N4/c1-14(2,3)16-9-13-15-11-18(17-13)10-12-7-5-4-6-8-12/h4-8,11,16H,9-10H2,1-3H3. The molecule has 4 nitrogen and oxygen atoms in total. The number of aromatic nitrogens is 3. The van der Waals surface area contributed by atoms with Gasteiger partial charge in [-0.2, -0.15) is 5.10 Å². The van der Waals surface area contributed by atoms with E-state index in [0.717, 1.165) is 12.4 Å². The number of rotatable bonds is 4. The third kappa shape index (κ3) is 3.96. The predicted molar refractivity (Wildman–Crippen MR) is 72.2 cm³/mol. The van der Waals surface area contributed by atoms with Gasteiger partial charge in [-0.3, -0.25) is 0 Å². The summed E-state index contributed by atoms with van der Waals surface area (Å²) < 4.78 is 1.87. The molecule has 0 saturated heterocycles. The fourth-order valence-electron chi connectivity index (χ4n) is 1.61. The van der Waals surface area contributed by atoms with E-state index in [1.165, 1.54) is 5.56 Å². The minimum absolute atomic E-state index is 0.0882. The van der Waals surface area contributed by atoms with Crippen LogP contribution in [-0.2, 0) is 13.1 Å². The summed E-state index contributed by atoms with van der Waals surface area (Å²) in [5, 5.41) is 7.83. The minimum atomic E-state index is 0.0882. The van der Waals surface area contributed by atoms with Gasteiger partial charge in [0.1, 0.15) is 6.33 Å². The van der Waals surface area contributed by atoms with Crippen molar-refractivity contribution in [3.8, 4) is 0 Å². The van der Waals surface area contributed by atoms with E-state index in [0.29, 0.717) is 6.54 Å². The second-order valence-electron chi connectivity index (χ2n) is 5.45. The van der Waals surface area contributed by atoms with E-state index in [4.69, 9.17) is 0 Å². The summed E-state index contributed by atoms with van der Waals surface area (Å²) in [7, 11) is 0. The van der Waals surface area contributed by atoms with Gasteiger partial charge < -0.3 is 5.32 Å². The van der Waals surface area contributed by atoms with Crippen molar-refractivity contribution in [2.45, 2.75) is 39.4 Å². The van der Waals surface area contributed by atoms with E-state index in [2.05, 4.69) is 48.3 Å². The molecule has 1 heterocycles. The molecule has 2 aromatic rings. The maximum absolute atomic E-state index is 4.45. The number of hydrogen-bond acceptors (Lipinski definition) is 3. The molecule has 0 aliphatic carbocycles. The van der Waals surface area contributed by atoms with Crippen LogP contribution < -0.4 is 5.32 Å². The lowest BCUT2D eigenvalue weighted by molar-refractivity contribution is 0.417. The molecule has 0 bridgehead atoms. The third-order valence-corrected chi connectivity index (χ3v) is 2.55. The second-order valence-corrected chi connectivity index (χ2v) is 5.45. The molecule has 2 rings (SSSR count). The molecule has 0 aliphatic rings. The highest BCUT2D eigenvalue weighted by Gasteiger charge is 2.10. The lowest BCUT2D eigenvalue weighted by Crippen LogP contribution is -2.35. The monoisotopic (exact) mass is 244 g/mol. The molecule has 0 unspecified atom stereocenters. The molecule has 0 radical (unpaired) electrons. The smallest absolute Gasteiger partial charge is 0.164 e. The Labute approximate surface area is 108 Å². The highest BCUT2D eigenvalue weighted by Crippen LogP contribution is 2.03. The van der Waals surface area contributed by atoms with E-state index in [1.54, 1.807) is 6.33 Å². The highest BCUT2D eigenvalue weighted by molar-refractivity contribution is 5.14. The van der Waals surface area contributed by atoms with Gasteiger partial charge in [-0.05, 0) is 26.3 Å². The lowest BCUT2D eigenvalue weighted by atomic mass is 10.1. The molecule has 0 aliphatic heterocycles. The van der Waals surface area contributed by atoms with Gasteiger partial charge in [0.25, 0.3) is 0 Å². The number of hydrogen-bond donors (Lipinski definition) is 1. The minimum Gasteiger partial charge on any atom is -0.305 e. The third-order valence-electron chi connectivity index (χ3n) is 2.55. The van der Waals surface area contributed by atoms with Gasteiger partial charge in [-0.1, -0.05) is 30.3 Å². The van der Waals surface area contributed by atoms with Crippen LogP contribution in [0.3, 0.4) is 0 Å². The molecule has 0 spiro atoms. The van der Waals surface area contributed by atoms with Crippen LogP contribution in [0.25, 0.3) is 0 Å². The van der Waals surface area contributed by atoms with Crippen LogP contribution in [0, 0.1) is 0 Å². The molecule has 0 saturated carbocycles. The van der Waals surface area contributed by atoms with Gasteiger partial charge in [0.2, 0.25) is 0 Å². The zero-order chi connectivity index (χ0) is 13.0. The van der Waals surface area contributed by atoms with Crippen LogP contribution in [0.5, 0.6) is 0 Å². The quantitative estimate of drug-likeness (QED) is 0.896. The zero-order valence-electron chi connectivity index (χ0n) is 11.2. The van der Waals surface area contributed by atoms with E-state index in [-0.39, 0.29) is 5.54 Å². The SMILES string of the molecule is CC(C)(C)NCc1ncn(Cc2ccccc2)n1. The van der Waals surface area contributed by atoms with E-state index >= 15 is 0 Å². The Morgan fingerprint density at radius 2 is 1.89 bits per heavy atom. The lowest BCUT2D eigenvalue weighted by Gasteiger charge is -2.19. The number of nitrogens with zero attached hydrogens (tertiary/aromatic N) is 3. The molecular formula is C14H20N4. The van der Waals surface area contributed by atoms with Crippen molar-refractivity contribution in [3.05, 3.63) is 48.0 Å². The Morgan fingerprint density at radius 1 is 1.17 bits per heavy atom. The van der Waals surface area contributed by atoms with E-state index in [1.807, 2.05) is 22.9 Å². The van der Waals surface area contributed by atoms with Gasteiger partial charge in [-0.25, -0.2) is 9.67 Å². The number of benzene rings is 1. The molecule has 0 atom stereocenters. The van der Waals surface area contributed by atoms with Crippen molar-refractivity contribution in [2.24, 2.45) is 0 Å². The average Bonchev–Trinajstić information content (AvgIpc) is 2.75. The maximum Gasteiger partial charge on any atom is 0.164 e. The molecule has 1 aromatic carbocycles. The Bertz CT molecular complexity index is 482.